The van der Waals surface area contributed by atoms with E-state index in [0.717, 1.165) is 0 Å². The van der Waals surface area contributed by atoms with Gasteiger partial charge >= 0.3 is 5.69 Å². The maximum absolute atomic E-state index is 10.7. The van der Waals surface area contributed by atoms with Crippen molar-refractivity contribution in [1.82, 2.24) is 0 Å². The Labute approximate surface area is 92.4 Å². The molecule has 0 fully saturated rings. The molecule has 0 radical (unpaired) electrons. The summed E-state index contributed by atoms with van der Waals surface area (Å²) in [6.07, 6.45) is 5.40. The highest BCUT2D eigenvalue weighted by Crippen LogP contribution is 2.27. The lowest BCUT2D eigenvalue weighted by atomic mass is 10.2. The first-order valence-electron chi connectivity index (χ1n) is 4.44. The lowest BCUT2D eigenvalue weighted by Gasteiger charge is -2.04. The van der Waals surface area contributed by atoms with Crippen molar-refractivity contribution in [3.8, 4) is 24.2 Å². The Morgan fingerprint density at radius 3 is 2.88 bits per heavy atom. The number of hydrogen-bond acceptors (Lipinski definition) is 4. The molecule has 0 atom stereocenters. The monoisotopic (exact) mass is 216 g/mol. The van der Waals surface area contributed by atoms with Crippen LogP contribution in [0.5, 0.6) is 5.75 Å². The summed E-state index contributed by atoms with van der Waals surface area (Å²) in [5.74, 6) is 2.49. The minimum atomic E-state index is -0.591. The molecule has 0 saturated heterocycles. The van der Waals surface area contributed by atoms with Crippen molar-refractivity contribution in [2.24, 2.45) is 0 Å². The second kappa shape index (κ2) is 5.38. The molecule has 0 unspecified atom stereocenters. The van der Waals surface area contributed by atoms with Crippen LogP contribution in [0.25, 0.3) is 0 Å². The lowest BCUT2D eigenvalue weighted by Crippen LogP contribution is -2.00. The van der Waals surface area contributed by atoms with Gasteiger partial charge in [0.2, 0.25) is 0 Å². The van der Waals surface area contributed by atoms with Crippen molar-refractivity contribution in [3.63, 3.8) is 0 Å². The van der Waals surface area contributed by atoms with E-state index in [9.17, 15) is 10.1 Å². The van der Waals surface area contributed by atoms with Gasteiger partial charge in [0.25, 0.3) is 0 Å². The van der Waals surface area contributed by atoms with Crippen LogP contribution < -0.4 is 4.74 Å². The van der Waals surface area contributed by atoms with Crippen molar-refractivity contribution >= 4 is 5.69 Å². The fourth-order valence-corrected chi connectivity index (χ4v) is 1.07. The molecule has 1 rings (SSSR count). The molecule has 0 aromatic heterocycles. The fourth-order valence-electron chi connectivity index (χ4n) is 1.07. The van der Waals surface area contributed by atoms with E-state index in [1.165, 1.54) is 18.2 Å². The Morgan fingerprint density at radius 2 is 2.31 bits per heavy atom. The van der Waals surface area contributed by atoms with E-state index < -0.39 is 4.92 Å². The minimum absolute atomic E-state index is 0.124. The molecular weight excluding hydrogens is 208 g/mol. The smallest absolute Gasteiger partial charge is 0.312 e. The Morgan fingerprint density at radius 1 is 1.56 bits per heavy atom. The van der Waals surface area contributed by atoms with Crippen LogP contribution in [0.2, 0.25) is 0 Å². The van der Waals surface area contributed by atoms with Crippen LogP contribution in [0.3, 0.4) is 0 Å². The highest BCUT2D eigenvalue weighted by Gasteiger charge is 2.15. The predicted molar refractivity (Wildman–Crippen MR) is 56.8 cm³/mol. The molecule has 0 bridgehead atoms. The van der Waals surface area contributed by atoms with Crippen molar-refractivity contribution < 1.29 is 9.66 Å². The van der Waals surface area contributed by atoms with E-state index in [1.807, 2.05) is 6.07 Å². The Hall–Kier alpha value is -2.53. The fraction of sp³-hybridized carbons (Fsp3) is 0.182. The summed E-state index contributed by atoms with van der Waals surface area (Å²) < 4.78 is 5.14. The summed E-state index contributed by atoms with van der Waals surface area (Å²) in [5.41, 5.74) is -0.00734. The van der Waals surface area contributed by atoms with Crippen molar-refractivity contribution in [3.05, 3.63) is 33.9 Å². The molecule has 0 aliphatic carbocycles. The van der Waals surface area contributed by atoms with E-state index in [2.05, 4.69) is 5.92 Å². The number of nitrogens with zero attached hydrogens (tertiary/aromatic N) is 2. The third-order valence-electron chi connectivity index (χ3n) is 1.79. The Kier molecular flexibility index (Phi) is 3.88. The van der Waals surface area contributed by atoms with Gasteiger partial charge in [0, 0.05) is 12.5 Å². The van der Waals surface area contributed by atoms with Crippen LogP contribution >= 0.6 is 0 Å². The van der Waals surface area contributed by atoms with Gasteiger partial charge in [-0.1, -0.05) is 0 Å². The number of nitro groups is 1. The molecule has 5 heteroatoms. The van der Waals surface area contributed by atoms with Crippen LogP contribution in [0.4, 0.5) is 5.69 Å². The zero-order valence-corrected chi connectivity index (χ0v) is 8.34. The van der Waals surface area contributed by atoms with Gasteiger partial charge < -0.3 is 4.74 Å². The van der Waals surface area contributed by atoms with Gasteiger partial charge in [-0.2, -0.15) is 5.26 Å². The van der Waals surface area contributed by atoms with E-state index in [1.54, 1.807) is 0 Å². The van der Waals surface area contributed by atoms with E-state index in [-0.39, 0.29) is 23.6 Å². The highest BCUT2D eigenvalue weighted by molar-refractivity contribution is 5.51. The molecule has 80 valence electrons. The Balaban J connectivity index is 2.96. The molecule has 0 spiro atoms. The third kappa shape index (κ3) is 2.73. The third-order valence-corrected chi connectivity index (χ3v) is 1.79. The molecule has 0 saturated carbocycles. The second-order valence-electron chi connectivity index (χ2n) is 2.85. The van der Waals surface area contributed by atoms with Crippen molar-refractivity contribution in [2.45, 2.75) is 6.42 Å². The summed E-state index contributed by atoms with van der Waals surface area (Å²) in [6.45, 7) is 0.212. The number of hydrogen-bond donors (Lipinski definition) is 0. The summed E-state index contributed by atoms with van der Waals surface area (Å²) in [4.78, 5) is 10.1. The first kappa shape index (κ1) is 11.5. The average Bonchev–Trinajstić information content (AvgIpc) is 2.29. The first-order valence-corrected chi connectivity index (χ1v) is 4.44. The number of terminal acetylenes is 1. The summed E-state index contributed by atoms with van der Waals surface area (Å²) >= 11 is 0. The quantitative estimate of drug-likeness (QED) is 0.333. The zero-order valence-electron chi connectivity index (χ0n) is 8.34. The van der Waals surface area contributed by atoms with Crippen molar-refractivity contribution in [2.75, 3.05) is 6.61 Å². The first-order chi connectivity index (χ1) is 7.69. The molecule has 0 N–H and O–H groups in total. The van der Waals surface area contributed by atoms with Gasteiger partial charge in [0.05, 0.1) is 23.2 Å². The minimum Gasteiger partial charge on any atom is -0.486 e. The van der Waals surface area contributed by atoms with Crippen molar-refractivity contribution in [1.29, 1.82) is 5.26 Å². The topological polar surface area (TPSA) is 76.2 Å². The number of nitriles is 1. The number of ether oxygens (including phenoxy) is 1. The average molecular weight is 216 g/mol. The zero-order chi connectivity index (χ0) is 12.0. The molecule has 0 heterocycles. The number of rotatable bonds is 4. The largest absolute Gasteiger partial charge is 0.486 e. The summed E-state index contributed by atoms with van der Waals surface area (Å²) in [6, 6.07) is 5.85. The van der Waals surface area contributed by atoms with Gasteiger partial charge in [-0.05, 0) is 12.1 Å². The van der Waals surface area contributed by atoms with Gasteiger partial charge in [-0.15, -0.1) is 12.3 Å². The number of benzene rings is 1. The SMILES string of the molecule is C#CCCOc1ccc(C#N)cc1[N+](=O)[O-]. The van der Waals surface area contributed by atoms with Crippen LogP contribution in [-0.4, -0.2) is 11.5 Å². The molecule has 1 aromatic rings. The normalized spacial score (nSPS) is 8.88. The van der Waals surface area contributed by atoms with E-state index in [4.69, 9.17) is 16.4 Å². The predicted octanol–water partition coefficient (Wildman–Crippen LogP) is 1.87. The van der Waals surface area contributed by atoms with E-state index >= 15 is 0 Å². The molecule has 0 aliphatic heterocycles. The van der Waals surface area contributed by atoms with Gasteiger partial charge in [0.1, 0.15) is 0 Å². The molecule has 0 amide bonds. The molecule has 16 heavy (non-hydrogen) atoms. The summed E-state index contributed by atoms with van der Waals surface area (Å²) in [5, 5.41) is 19.3. The highest BCUT2D eigenvalue weighted by atomic mass is 16.6. The summed E-state index contributed by atoms with van der Waals surface area (Å²) in [7, 11) is 0. The molecule has 1 aromatic carbocycles. The van der Waals surface area contributed by atoms with Gasteiger partial charge in [-0.3, -0.25) is 10.1 Å². The van der Waals surface area contributed by atoms with Crippen LogP contribution in [-0.2, 0) is 0 Å². The van der Waals surface area contributed by atoms with Crippen LogP contribution in [0.1, 0.15) is 12.0 Å². The van der Waals surface area contributed by atoms with E-state index in [0.29, 0.717) is 6.42 Å². The molecular formula is C11H8N2O3. The maximum Gasteiger partial charge on any atom is 0.312 e. The van der Waals surface area contributed by atoms with Gasteiger partial charge in [-0.25, -0.2) is 0 Å². The van der Waals surface area contributed by atoms with Gasteiger partial charge in [0.15, 0.2) is 5.75 Å². The number of nitro benzene ring substituents is 1. The maximum atomic E-state index is 10.7. The lowest BCUT2D eigenvalue weighted by molar-refractivity contribution is -0.385. The second-order valence-corrected chi connectivity index (χ2v) is 2.85. The van der Waals surface area contributed by atoms with Crippen LogP contribution in [0.15, 0.2) is 18.2 Å². The standard InChI is InChI=1S/C11H8N2O3/c1-2-3-6-16-11-5-4-9(8-12)7-10(11)13(14)15/h1,4-5,7H,3,6H2. The van der Waals surface area contributed by atoms with Crippen LogP contribution in [0, 0.1) is 33.8 Å². The molecule has 5 nitrogen and oxygen atoms in total. The molecule has 0 aliphatic rings. The Bertz CT molecular complexity index is 483.